The van der Waals surface area contributed by atoms with Crippen LogP contribution in [-0.4, -0.2) is 32.0 Å². The molecule has 0 saturated heterocycles. The monoisotopic (exact) mass is 329 g/mol. The Kier molecular flexibility index (Phi) is 2.67. The van der Waals surface area contributed by atoms with Crippen molar-refractivity contribution in [2.45, 2.75) is 0 Å². The minimum absolute atomic E-state index is 0.270. The van der Waals surface area contributed by atoms with E-state index in [1.54, 1.807) is 12.3 Å². The molecule has 3 N–H and O–H groups in total. The molecule has 1 aliphatic heterocycles. The lowest BCUT2D eigenvalue weighted by molar-refractivity contribution is -0.122. The third-order valence-corrected chi connectivity index (χ3v) is 4.31. The number of carbonyl (C=O) groups excluding carboxylic acids is 2. The van der Waals surface area contributed by atoms with Crippen molar-refractivity contribution >= 4 is 44.9 Å². The summed E-state index contributed by atoms with van der Waals surface area (Å²) >= 11 is 0. The van der Waals surface area contributed by atoms with E-state index in [-0.39, 0.29) is 5.57 Å². The van der Waals surface area contributed by atoms with Gasteiger partial charge in [-0.05, 0) is 24.3 Å². The fraction of sp³-hybridized carbons (Fsp3) is 0. The first-order chi connectivity index (χ1) is 12.2. The van der Waals surface area contributed by atoms with Gasteiger partial charge in [0.2, 0.25) is 0 Å². The van der Waals surface area contributed by atoms with Gasteiger partial charge in [0.25, 0.3) is 11.8 Å². The molecule has 0 radical (unpaired) electrons. The van der Waals surface area contributed by atoms with E-state index in [1.165, 1.54) is 0 Å². The number of hydrogen-bond acceptors (Lipinski definition) is 4. The second-order valence-electron chi connectivity index (χ2n) is 5.78. The molecule has 0 aliphatic carbocycles. The molecule has 0 unspecified atom stereocenters. The fourth-order valence-electron chi connectivity index (χ4n) is 3.20. The molecule has 0 bridgehead atoms. The number of hydrogen-bond donors (Lipinski definition) is 3. The van der Waals surface area contributed by atoms with Crippen LogP contribution in [0.25, 0.3) is 33.1 Å². The summed E-state index contributed by atoms with van der Waals surface area (Å²) in [5.41, 5.74) is 3.04. The number of nitrogens with zero attached hydrogens (tertiary/aromatic N) is 2. The summed E-state index contributed by atoms with van der Waals surface area (Å²) in [4.78, 5) is 32.3. The van der Waals surface area contributed by atoms with Crippen LogP contribution in [0, 0.1) is 0 Å². The minimum Gasteiger partial charge on any atom is -0.354 e. The number of amides is 2. The smallest absolute Gasteiger partial charge is 0.261 e. The number of para-hydroxylation sites is 1. The summed E-state index contributed by atoms with van der Waals surface area (Å²) < 4.78 is 0. The van der Waals surface area contributed by atoms with Crippen molar-refractivity contribution < 1.29 is 9.59 Å². The third-order valence-electron chi connectivity index (χ3n) is 4.31. The maximum atomic E-state index is 12.5. The molecule has 4 heterocycles. The lowest BCUT2D eigenvalue weighted by Gasteiger charge is -2.00. The molecule has 0 spiro atoms. The Bertz CT molecular complexity index is 1180. The van der Waals surface area contributed by atoms with E-state index < -0.39 is 11.8 Å². The second kappa shape index (κ2) is 4.88. The predicted octanol–water partition coefficient (Wildman–Crippen LogP) is 2.01. The number of rotatable bonds is 2. The van der Waals surface area contributed by atoms with Crippen LogP contribution in [0.1, 0.15) is 11.4 Å². The van der Waals surface area contributed by atoms with Crippen LogP contribution < -0.4 is 5.32 Å². The lowest BCUT2D eigenvalue weighted by atomic mass is 10.0. The van der Waals surface area contributed by atoms with Crippen LogP contribution in [0.2, 0.25) is 0 Å². The van der Waals surface area contributed by atoms with Crippen molar-refractivity contribution in [3.8, 4) is 0 Å². The number of H-pyrrole nitrogens is 2. The van der Waals surface area contributed by atoms with Gasteiger partial charge in [0.1, 0.15) is 0 Å². The van der Waals surface area contributed by atoms with Crippen LogP contribution in [0.3, 0.4) is 0 Å². The van der Waals surface area contributed by atoms with Gasteiger partial charge in [-0.25, -0.2) is 4.98 Å². The molecule has 0 fully saturated rings. The summed E-state index contributed by atoms with van der Waals surface area (Å²) in [5.74, 6) is -0.883. The highest BCUT2D eigenvalue weighted by atomic mass is 16.2. The maximum absolute atomic E-state index is 12.5. The fourth-order valence-corrected chi connectivity index (χ4v) is 3.20. The highest BCUT2D eigenvalue weighted by Gasteiger charge is 2.35. The van der Waals surface area contributed by atoms with Gasteiger partial charge in [-0.15, -0.1) is 0 Å². The topological polar surface area (TPSA) is 104 Å². The molecule has 1 aromatic carbocycles. The molecule has 7 heteroatoms. The number of aromatic nitrogens is 4. The van der Waals surface area contributed by atoms with E-state index in [2.05, 4.69) is 25.5 Å². The first-order valence-corrected chi connectivity index (χ1v) is 7.70. The van der Waals surface area contributed by atoms with E-state index in [4.69, 9.17) is 0 Å². The van der Waals surface area contributed by atoms with Crippen molar-refractivity contribution in [1.82, 2.24) is 25.5 Å². The molecular weight excluding hydrogens is 318 g/mol. The number of benzene rings is 1. The molecular formula is C18H11N5O2. The van der Waals surface area contributed by atoms with Gasteiger partial charge < -0.3 is 4.98 Å². The molecule has 3 aromatic heterocycles. The van der Waals surface area contributed by atoms with Crippen molar-refractivity contribution in [2.75, 3.05) is 0 Å². The van der Waals surface area contributed by atoms with E-state index >= 15 is 0 Å². The number of fused-ring (bicyclic) bond motifs is 2. The van der Waals surface area contributed by atoms with E-state index in [1.807, 2.05) is 36.4 Å². The Morgan fingerprint density at radius 1 is 0.920 bits per heavy atom. The molecule has 1 aliphatic rings. The standard InChI is InChI=1S/C18H11N5O2/c24-17-13(12-8-9-4-1-2-6-11(9)20-12)14(18(25)21-17)15-10-5-3-7-19-16(10)23-22-15/h1-8,20H,(H,19,22,23)(H,21,24,25). The third kappa shape index (κ3) is 1.92. The molecule has 2 amide bonds. The van der Waals surface area contributed by atoms with E-state index in [0.717, 1.165) is 10.9 Å². The second-order valence-corrected chi connectivity index (χ2v) is 5.78. The van der Waals surface area contributed by atoms with Gasteiger partial charge in [-0.3, -0.25) is 20.0 Å². The number of pyridine rings is 1. The Hall–Kier alpha value is -3.74. The Morgan fingerprint density at radius 3 is 2.64 bits per heavy atom. The van der Waals surface area contributed by atoms with Crippen molar-refractivity contribution in [3.63, 3.8) is 0 Å². The van der Waals surface area contributed by atoms with Gasteiger partial charge in [-0.2, -0.15) is 5.10 Å². The summed E-state index contributed by atoms with van der Waals surface area (Å²) in [7, 11) is 0. The summed E-state index contributed by atoms with van der Waals surface area (Å²) in [5, 5.41) is 11.0. The van der Waals surface area contributed by atoms with Crippen molar-refractivity contribution in [2.24, 2.45) is 0 Å². The molecule has 5 rings (SSSR count). The van der Waals surface area contributed by atoms with Crippen LogP contribution in [0.5, 0.6) is 0 Å². The minimum atomic E-state index is -0.451. The van der Waals surface area contributed by atoms with Crippen molar-refractivity contribution in [3.05, 3.63) is 60.0 Å². The number of aromatic amines is 2. The predicted molar refractivity (Wildman–Crippen MR) is 92.2 cm³/mol. The van der Waals surface area contributed by atoms with Crippen molar-refractivity contribution in [1.29, 1.82) is 0 Å². The normalized spacial score (nSPS) is 14.7. The maximum Gasteiger partial charge on any atom is 0.261 e. The molecule has 0 saturated carbocycles. The number of nitrogens with one attached hydrogen (secondary N) is 3. The zero-order chi connectivity index (χ0) is 17.0. The molecule has 25 heavy (non-hydrogen) atoms. The first-order valence-electron chi connectivity index (χ1n) is 7.70. The molecule has 0 atom stereocenters. The van der Waals surface area contributed by atoms with Gasteiger partial charge in [-0.1, -0.05) is 18.2 Å². The van der Waals surface area contributed by atoms with Crippen LogP contribution >= 0.6 is 0 Å². The van der Waals surface area contributed by atoms with E-state index in [9.17, 15) is 9.59 Å². The average molecular weight is 329 g/mol. The summed E-state index contributed by atoms with van der Waals surface area (Å²) in [6.45, 7) is 0. The van der Waals surface area contributed by atoms with Crippen LogP contribution in [-0.2, 0) is 9.59 Å². The zero-order valence-electron chi connectivity index (χ0n) is 12.8. The first kappa shape index (κ1) is 13.7. The summed E-state index contributed by atoms with van der Waals surface area (Å²) in [6, 6.07) is 13.1. The zero-order valence-corrected chi connectivity index (χ0v) is 12.8. The quantitative estimate of drug-likeness (QED) is 0.489. The summed E-state index contributed by atoms with van der Waals surface area (Å²) in [6.07, 6.45) is 1.62. The Morgan fingerprint density at radius 2 is 1.76 bits per heavy atom. The molecule has 7 nitrogen and oxygen atoms in total. The molecule has 120 valence electrons. The van der Waals surface area contributed by atoms with E-state index in [0.29, 0.717) is 28.0 Å². The lowest BCUT2D eigenvalue weighted by Crippen LogP contribution is -2.22. The number of carbonyl (C=O) groups is 2. The van der Waals surface area contributed by atoms with Crippen LogP contribution in [0.15, 0.2) is 48.7 Å². The number of imide groups is 1. The molecule has 4 aromatic rings. The van der Waals surface area contributed by atoms with Gasteiger partial charge in [0.05, 0.1) is 22.5 Å². The SMILES string of the molecule is O=C1NC(=O)C(c2[nH]nc3ncccc23)=C1c1cc2ccccc2[nH]1. The largest absolute Gasteiger partial charge is 0.354 e. The van der Waals surface area contributed by atoms with Gasteiger partial charge in [0.15, 0.2) is 5.65 Å². The highest BCUT2D eigenvalue weighted by molar-refractivity contribution is 6.49. The Balaban J connectivity index is 1.81. The highest BCUT2D eigenvalue weighted by Crippen LogP contribution is 2.33. The van der Waals surface area contributed by atoms with Gasteiger partial charge >= 0.3 is 0 Å². The Labute approximate surface area is 140 Å². The average Bonchev–Trinajstić information content (AvgIpc) is 3.29. The van der Waals surface area contributed by atoms with Crippen LogP contribution in [0.4, 0.5) is 0 Å². The van der Waals surface area contributed by atoms with Gasteiger partial charge in [0, 0.05) is 22.5 Å².